The van der Waals surface area contributed by atoms with Crippen LogP contribution in [0.2, 0.25) is 0 Å². The SMILES string of the molecule is C=C(C)CNc1sc(C(=O)OC)c(N)c1C(=O)OCC. The van der Waals surface area contributed by atoms with E-state index < -0.39 is 11.9 Å². The second-order valence-corrected chi connectivity index (χ2v) is 5.09. The van der Waals surface area contributed by atoms with Crippen LogP contribution >= 0.6 is 11.3 Å². The lowest BCUT2D eigenvalue weighted by Crippen LogP contribution is -2.11. The molecule has 0 bridgehead atoms. The second kappa shape index (κ2) is 6.95. The van der Waals surface area contributed by atoms with Gasteiger partial charge >= 0.3 is 11.9 Å². The molecule has 20 heavy (non-hydrogen) atoms. The Balaban J connectivity index is 3.21. The molecule has 3 N–H and O–H groups in total. The van der Waals surface area contributed by atoms with Gasteiger partial charge in [0.25, 0.3) is 0 Å². The molecule has 1 heterocycles. The average Bonchev–Trinajstić information content (AvgIpc) is 2.72. The zero-order chi connectivity index (χ0) is 15.3. The van der Waals surface area contributed by atoms with Gasteiger partial charge in [0, 0.05) is 6.54 Å². The summed E-state index contributed by atoms with van der Waals surface area (Å²) in [7, 11) is 1.26. The number of carbonyl (C=O) groups excluding carboxylic acids is 2. The zero-order valence-electron chi connectivity index (χ0n) is 11.7. The lowest BCUT2D eigenvalue weighted by Gasteiger charge is -2.07. The zero-order valence-corrected chi connectivity index (χ0v) is 12.6. The molecule has 0 unspecified atom stereocenters. The smallest absolute Gasteiger partial charge is 0.350 e. The third-order valence-electron chi connectivity index (χ3n) is 2.35. The van der Waals surface area contributed by atoms with Crippen LogP contribution < -0.4 is 11.1 Å². The maximum atomic E-state index is 11.9. The summed E-state index contributed by atoms with van der Waals surface area (Å²) >= 11 is 1.06. The van der Waals surface area contributed by atoms with Crippen molar-refractivity contribution in [3.63, 3.8) is 0 Å². The molecule has 0 aliphatic heterocycles. The minimum Gasteiger partial charge on any atom is -0.465 e. The predicted molar refractivity (Wildman–Crippen MR) is 79.3 cm³/mol. The number of nitrogen functional groups attached to an aromatic ring is 1. The van der Waals surface area contributed by atoms with E-state index in [1.165, 1.54) is 7.11 Å². The van der Waals surface area contributed by atoms with E-state index in [4.69, 9.17) is 10.5 Å². The third-order valence-corrected chi connectivity index (χ3v) is 3.49. The number of methoxy groups -OCH3 is 1. The molecule has 0 radical (unpaired) electrons. The first-order valence-electron chi connectivity index (χ1n) is 5.98. The summed E-state index contributed by atoms with van der Waals surface area (Å²) in [6.07, 6.45) is 0. The van der Waals surface area contributed by atoms with E-state index in [0.717, 1.165) is 16.9 Å². The molecule has 1 aromatic rings. The molecular weight excluding hydrogens is 280 g/mol. The van der Waals surface area contributed by atoms with Gasteiger partial charge in [0.2, 0.25) is 0 Å². The van der Waals surface area contributed by atoms with Crippen LogP contribution in [-0.2, 0) is 9.47 Å². The predicted octanol–water partition coefficient (Wildman–Crippen LogP) is 2.28. The molecule has 1 rings (SSSR count). The quantitative estimate of drug-likeness (QED) is 0.618. The molecule has 0 saturated carbocycles. The maximum absolute atomic E-state index is 11.9. The average molecular weight is 298 g/mol. The first kappa shape index (κ1) is 16.0. The molecule has 0 atom stereocenters. The van der Waals surface area contributed by atoms with E-state index in [-0.39, 0.29) is 22.7 Å². The molecule has 6 nitrogen and oxygen atoms in total. The van der Waals surface area contributed by atoms with Gasteiger partial charge in [-0.15, -0.1) is 11.3 Å². The fourth-order valence-corrected chi connectivity index (χ4v) is 2.47. The Morgan fingerprint density at radius 1 is 1.40 bits per heavy atom. The molecule has 0 aliphatic rings. The third kappa shape index (κ3) is 3.51. The van der Waals surface area contributed by atoms with Crippen LogP contribution in [0.1, 0.15) is 33.9 Å². The molecule has 110 valence electrons. The monoisotopic (exact) mass is 298 g/mol. The van der Waals surface area contributed by atoms with Crippen LogP contribution in [0, 0.1) is 0 Å². The fourth-order valence-electron chi connectivity index (χ4n) is 1.45. The lowest BCUT2D eigenvalue weighted by molar-refractivity contribution is 0.0529. The Kier molecular flexibility index (Phi) is 5.57. The number of rotatable bonds is 6. The summed E-state index contributed by atoms with van der Waals surface area (Å²) in [5.41, 5.74) is 6.98. The van der Waals surface area contributed by atoms with E-state index in [0.29, 0.717) is 11.5 Å². The Morgan fingerprint density at radius 3 is 2.55 bits per heavy atom. The van der Waals surface area contributed by atoms with E-state index in [1.54, 1.807) is 6.92 Å². The minimum absolute atomic E-state index is 0.0736. The van der Waals surface area contributed by atoms with Crippen molar-refractivity contribution in [2.45, 2.75) is 13.8 Å². The summed E-state index contributed by atoms with van der Waals surface area (Å²) in [5.74, 6) is -1.15. The highest BCUT2D eigenvalue weighted by atomic mass is 32.1. The Bertz CT molecular complexity index is 537. The summed E-state index contributed by atoms with van der Waals surface area (Å²) in [6.45, 7) is 7.99. The largest absolute Gasteiger partial charge is 0.465 e. The van der Waals surface area contributed by atoms with Crippen LogP contribution in [0.5, 0.6) is 0 Å². The van der Waals surface area contributed by atoms with Gasteiger partial charge in [-0.1, -0.05) is 12.2 Å². The number of thiophene rings is 1. The fraction of sp³-hybridized carbons (Fsp3) is 0.385. The number of ether oxygens (including phenoxy) is 2. The van der Waals surface area contributed by atoms with Crippen LogP contribution in [-0.4, -0.2) is 32.2 Å². The van der Waals surface area contributed by atoms with Crippen molar-refractivity contribution in [2.24, 2.45) is 0 Å². The maximum Gasteiger partial charge on any atom is 0.350 e. The summed E-state index contributed by atoms with van der Waals surface area (Å²) < 4.78 is 9.60. The minimum atomic E-state index is -0.582. The molecule has 0 saturated heterocycles. The van der Waals surface area contributed by atoms with Crippen LogP contribution in [0.25, 0.3) is 0 Å². The Morgan fingerprint density at radius 2 is 2.05 bits per heavy atom. The number of carbonyl (C=O) groups is 2. The second-order valence-electron chi connectivity index (χ2n) is 4.07. The molecule has 7 heteroatoms. The first-order valence-corrected chi connectivity index (χ1v) is 6.79. The molecule has 1 aromatic heterocycles. The van der Waals surface area contributed by atoms with E-state index in [2.05, 4.69) is 16.6 Å². The topological polar surface area (TPSA) is 90.6 Å². The number of hydrogen-bond donors (Lipinski definition) is 2. The Labute approximate surface area is 121 Å². The molecule has 0 aliphatic carbocycles. The van der Waals surface area contributed by atoms with Crippen LogP contribution in [0.4, 0.5) is 10.7 Å². The Hall–Kier alpha value is -2.02. The number of esters is 2. The number of hydrogen-bond acceptors (Lipinski definition) is 7. The molecule has 0 spiro atoms. The van der Waals surface area contributed by atoms with E-state index >= 15 is 0 Å². The van der Waals surface area contributed by atoms with Gasteiger partial charge in [0.05, 0.1) is 19.4 Å². The van der Waals surface area contributed by atoms with Gasteiger partial charge < -0.3 is 20.5 Å². The summed E-state index contributed by atoms with van der Waals surface area (Å²) in [5, 5.41) is 3.50. The van der Waals surface area contributed by atoms with Crippen molar-refractivity contribution in [1.29, 1.82) is 0 Å². The highest BCUT2D eigenvalue weighted by Crippen LogP contribution is 2.36. The van der Waals surface area contributed by atoms with Crippen molar-refractivity contribution in [2.75, 3.05) is 31.3 Å². The van der Waals surface area contributed by atoms with E-state index in [9.17, 15) is 9.59 Å². The highest BCUT2D eigenvalue weighted by Gasteiger charge is 2.26. The van der Waals surface area contributed by atoms with Crippen LogP contribution in [0.3, 0.4) is 0 Å². The normalized spacial score (nSPS) is 9.95. The molecule has 0 aromatic carbocycles. The molecular formula is C13H18N2O4S. The first-order chi connectivity index (χ1) is 9.42. The molecule has 0 fully saturated rings. The van der Waals surface area contributed by atoms with Gasteiger partial charge in [0.15, 0.2) is 0 Å². The highest BCUT2D eigenvalue weighted by molar-refractivity contribution is 7.19. The number of nitrogens with one attached hydrogen (secondary N) is 1. The summed E-state index contributed by atoms with van der Waals surface area (Å²) in [4.78, 5) is 23.8. The van der Waals surface area contributed by atoms with Gasteiger partial charge in [-0.2, -0.15) is 0 Å². The van der Waals surface area contributed by atoms with Crippen molar-refractivity contribution < 1.29 is 19.1 Å². The van der Waals surface area contributed by atoms with Crippen molar-refractivity contribution >= 4 is 34.0 Å². The van der Waals surface area contributed by atoms with Gasteiger partial charge in [-0.3, -0.25) is 0 Å². The lowest BCUT2D eigenvalue weighted by atomic mass is 10.2. The van der Waals surface area contributed by atoms with Crippen molar-refractivity contribution in [3.05, 3.63) is 22.6 Å². The number of nitrogens with two attached hydrogens (primary N) is 1. The van der Waals surface area contributed by atoms with Crippen molar-refractivity contribution in [1.82, 2.24) is 0 Å². The van der Waals surface area contributed by atoms with Gasteiger partial charge in [-0.05, 0) is 13.8 Å². The number of anilines is 2. The van der Waals surface area contributed by atoms with E-state index in [1.807, 2.05) is 6.92 Å². The van der Waals surface area contributed by atoms with Crippen LogP contribution in [0.15, 0.2) is 12.2 Å². The summed E-state index contributed by atoms with van der Waals surface area (Å²) in [6, 6.07) is 0. The molecule has 0 amide bonds. The standard InChI is InChI=1S/C13H18N2O4S/c1-5-19-12(16)8-9(14)10(13(17)18-4)20-11(8)15-6-7(2)3/h15H,2,5-6,14H2,1,3-4H3. The van der Waals surface area contributed by atoms with Crippen molar-refractivity contribution in [3.8, 4) is 0 Å². The van der Waals surface area contributed by atoms with Gasteiger partial charge in [0.1, 0.15) is 15.4 Å². The van der Waals surface area contributed by atoms with Gasteiger partial charge in [-0.25, -0.2) is 9.59 Å².